The number of hydrogen-bond donors (Lipinski definition) is 1. The van der Waals surface area contributed by atoms with E-state index in [9.17, 15) is 5.11 Å². The standard InChI is InChI=1S/C12H15NO3/c1-15-11-4-3-9(12(8-11)16-2)7-10(14)5-6-13/h3-4,8,10,14H,5,7H2,1-2H3. The zero-order valence-corrected chi connectivity index (χ0v) is 9.43. The minimum absolute atomic E-state index is 0.120. The summed E-state index contributed by atoms with van der Waals surface area (Å²) in [6.45, 7) is 0. The summed E-state index contributed by atoms with van der Waals surface area (Å²) in [5.74, 6) is 1.37. The van der Waals surface area contributed by atoms with Gasteiger partial charge in [-0.3, -0.25) is 0 Å². The quantitative estimate of drug-likeness (QED) is 0.818. The Kier molecular flexibility index (Phi) is 4.62. The summed E-state index contributed by atoms with van der Waals surface area (Å²) in [4.78, 5) is 0. The molecule has 0 aliphatic rings. The van der Waals surface area contributed by atoms with E-state index in [0.29, 0.717) is 17.9 Å². The molecule has 0 aromatic heterocycles. The number of rotatable bonds is 5. The highest BCUT2D eigenvalue weighted by Crippen LogP contribution is 2.25. The second-order valence-electron chi connectivity index (χ2n) is 3.40. The molecule has 0 spiro atoms. The first-order valence-electron chi connectivity index (χ1n) is 4.97. The first-order valence-corrected chi connectivity index (χ1v) is 4.97. The minimum atomic E-state index is -0.660. The summed E-state index contributed by atoms with van der Waals surface area (Å²) in [6, 6.07) is 7.32. The zero-order chi connectivity index (χ0) is 12.0. The minimum Gasteiger partial charge on any atom is -0.497 e. The van der Waals surface area contributed by atoms with Crippen LogP contribution in [0.4, 0.5) is 0 Å². The summed E-state index contributed by atoms with van der Waals surface area (Å²) in [5.41, 5.74) is 0.867. The topological polar surface area (TPSA) is 62.5 Å². The van der Waals surface area contributed by atoms with E-state index in [1.165, 1.54) is 0 Å². The number of hydrogen-bond acceptors (Lipinski definition) is 4. The molecule has 0 bridgehead atoms. The molecule has 4 nitrogen and oxygen atoms in total. The third kappa shape index (κ3) is 3.14. The van der Waals surface area contributed by atoms with Crippen molar-refractivity contribution in [3.05, 3.63) is 23.8 Å². The van der Waals surface area contributed by atoms with Crippen molar-refractivity contribution in [1.29, 1.82) is 5.26 Å². The molecule has 1 N–H and O–H groups in total. The van der Waals surface area contributed by atoms with E-state index < -0.39 is 6.10 Å². The molecule has 1 aromatic carbocycles. The smallest absolute Gasteiger partial charge is 0.125 e. The van der Waals surface area contributed by atoms with Crippen molar-refractivity contribution in [2.45, 2.75) is 18.9 Å². The molecule has 86 valence electrons. The Bertz CT molecular complexity index is 384. The molecule has 0 fully saturated rings. The van der Waals surface area contributed by atoms with Crippen LogP contribution in [0.2, 0.25) is 0 Å². The van der Waals surface area contributed by atoms with Crippen LogP contribution in [0.15, 0.2) is 18.2 Å². The molecule has 1 aromatic rings. The Morgan fingerprint density at radius 2 is 2.12 bits per heavy atom. The van der Waals surface area contributed by atoms with Crippen molar-refractivity contribution in [3.8, 4) is 17.6 Å². The van der Waals surface area contributed by atoms with Crippen LogP contribution >= 0.6 is 0 Å². The first kappa shape index (κ1) is 12.3. The van der Waals surface area contributed by atoms with Gasteiger partial charge in [0.2, 0.25) is 0 Å². The highest BCUT2D eigenvalue weighted by Gasteiger charge is 2.10. The van der Waals surface area contributed by atoms with Crippen LogP contribution in [0.25, 0.3) is 0 Å². The van der Waals surface area contributed by atoms with E-state index in [4.69, 9.17) is 14.7 Å². The summed E-state index contributed by atoms with van der Waals surface area (Å²) in [6.07, 6.45) is -0.136. The van der Waals surface area contributed by atoms with Crippen molar-refractivity contribution in [2.75, 3.05) is 14.2 Å². The first-order chi connectivity index (χ1) is 7.71. The molecular formula is C12H15NO3. The molecule has 1 rings (SSSR count). The van der Waals surface area contributed by atoms with Crippen molar-refractivity contribution in [1.82, 2.24) is 0 Å². The van der Waals surface area contributed by atoms with Crippen LogP contribution in [0.1, 0.15) is 12.0 Å². The Balaban J connectivity index is 2.83. The average Bonchev–Trinajstić information content (AvgIpc) is 2.30. The van der Waals surface area contributed by atoms with Crippen LogP contribution in [-0.2, 0) is 6.42 Å². The van der Waals surface area contributed by atoms with Gasteiger partial charge in [-0.05, 0) is 11.6 Å². The predicted molar refractivity (Wildman–Crippen MR) is 59.5 cm³/mol. The van der Waals surface area contributed by atoms with Gasteiger partial charge in [-0.1, -0.05) is 6.07 Å². The monoisotopic (exact) mass is 221 g/mol. The van der Waals surface area contributed by atoms with E-state index in [2.05, 4.69) is 0 Å². The van der Waals surface area contributed by atoms with Gasteiger partial charge in [-0.15, -0.1) is 0 Å². The molecule has 0 saturated carbocycles. The molecule has 0 heterocycles. The van der Waals surface area contributed by atoms with Gasteiger partial charge in [0, 0.05) is 12.5 Å². The van der Waals surface area contributed by atoms with E-state index in [1.54, 1.807) is 26.4 Å². The third-order valence-electron chi connectivity index (χ3n) is 2.28. The second kappa shape index (κ2) is 5.99. The highest BCUT2D eigenvalue weighted by molar-refractivity contribution is 5.41. The SMILES string of the molecule is COc1ccc(CC(O)CC#N)c(OC)c1. The van der Waals surface area contributed by atoms with Crippen molar-refractivity contribution in [2.24, 2.45) is 0 Å². The lowest BCUT2D eigenvalue weighted by Gasteiger charge is -2.12. The van der Waals surface area contributed by atoms with Crippen molar-refractivity contribution < 1.29 is 14.6 Å². The van der Waals surface area contributed by atoms with Crippen LogP contribution < -0.4 is 9.47 Å². The molecular weight excluding hydrogens is 206 g/mol. The number of methoxy groups -OCH3 is 2. The van der Waals surface area contributed by atoms with Gasteiger partial charge in [0.05, 0.1) is 32.8 Å². The van der Waals surface area contributed by atoms with Crippen LogP contribution in [0.3, 0.4) is 0 Å². The Labute approximate surface area is 95.0 Å². The molecule has 0 amide bonds. The number of nitriles is 1. The lowest BCUT2D eigenvalue weighted by molar-refractivity contribution is 0.179. The molecule has 1 unspecified atom stereocenters. The molecule has 4 heteroatoms. The van der Waals surface area contributed by atoms with Crippen LogP contribution in [0.5, 0.6) is 11.5 Å². The maximum absolute atomic E-state index is 9.54. The van der Waals surface area contributed by atoms with Gasteiger partial charge < -0.3 is 14.6 Å². The highest BCUT2D eigenvalue weighted by atomic mass is 16.5. The van der Waals surface area contributed by atoms with Crippen molar-refractivity contribution in [3.63, 3.8) is 0 Å². The van der Waals surface area contributed by atoms with Crippen LogP contribution in [0, 0.1) is 11.3 Å². The average molecular weight is 221 g/mol. The van der Waals surface area contributed by atoms with E-state index >= 15 is 0 Å². The lowest BCUT2D eigenvalue weighted by atomic mass is 10.0. The lowest BCUT2D eigenvalue weighted by Crippen LogP contribution is -2.10. The van der Waals surface area contributed by atoms with Gasteiger partial charge in [-0.2, -0.15) is 5.26 Å². The molecule has 0 radical (unpaired) electrons. The van der Waals surface area contributed by atoms with Gasteiger partial charge in [0.15, 0.2) is 0 Å². The fourth-order valence-corrected chi connectivity index (χ4v) is 1.45. The van der Waals surface area contributed by atoms with E-state index in [0.717, 1.165) is 5.56 Å². The van der Waals surface area contributed by atoms with Gasteiger partial charge in [0.1, 0.15) is 11.5 Å². The van der Waals surface area contributed by atoms with Gasteiger partial charge in [0.25, 0.3) is 0 Å². The Hall–Kier alpha value is -1.73. The van der Waals surface area contributed by atoms with E-state index in [-0.39, 0.29) is 6.42 Å². The number of aliphatic hydroxyl groups is 1. The van der Waals surface area contributed by atoms with E-state index in [1.807, 2.05) is 12.1 Å². The van der Waals surface area contributed by atoms with Gasteiger partial charge >= 0.3 is 0 Å². The largest absolute Gasteiger partial charge is 0.497 e. The summed E-state index contributed by atoms with van der Waals surface area (Å²) in [7, 11) is 3.15. The fraction of sp³-hybridized carbons (Fsp3) is 0.417. The van der Waals surface area contributed by atoms with Crippen molar-refractivity contribution >= 4 is 0 Å². The second-order valence-corrected chi connectivity index (χ2v) is 3.40. The number of aliphatic hydroxyl groups excluding tert-OH is 1. The maximum atomic E-state index is 9.54. The maximum Gasteiger partial charge on any atom is 0.125 e. The summed E-state index contributed by atoms with van der Waals surface area (Å²) in [5, 5.41) is 18.0. The zero-order valence-electron chi connectivity index (χ0n) is 9.43. The molecule has 16 heavy (non-hydrogen) atoms. The number of benzene rings is 1. The van der Waals surface area contributed by atoms with Crippen LogP contribution in [-0.4, -0.2) is 25.4 Å². The van der Waals surface area contributed by atoms with Gasteiger partial charge in [-0.25, -0.2) is 0 Å². The normalized spacial score (nSPS) is 11.6. The summed E-state index contributed by atoms with van der Waals surface area (Å²) >= 11 is 0. The fourth-order valence-electron chi connectivity index (χ4n) is 1.45. The Morgan fingerprint density at radius 1 is 1.38 bits per heavy atom. The summed E-state index contributed by atoms with van der Waals surface area (Å²) < 4.78 is 10.3. The number of nitrogens with zero attached hydrogens (tertiary/aromatic N) is 1. The third-order valence-corrected chi connectivity index (χ3v) is 2.28. The molecule has 0 aliphatic heterocycles. The molecule has 0 saturated heterocycles. The molecule has 0 aliphatic carbocycles. The Morgan fingerprint density at radius 3 is 2.69 bits per heavy atom. The molecule has 1 atom stereocenters. The number of ether oxygens (including phenoxy) is 2. The predicted octanol–water partition coefficient (Wildman–Crippen LogP) is 1.52.